The maximum absolute atomic E-state index is 13.0. The van der Waals surface area contributed by atoms with E-state index in [1.54, 1.807) is 41.3 Å². The number of carboxylic acids is 1. The molecule has 1 aliphatic heterocycles. The number of carboxylic acid groups (broad SMARTS) is 1. The molecular formula is C28H35N7O6S. The molecule has 2 N–H and O–H groups in total. The first-order valence-electron chi connectivity index (χ1n) is 13.7. The van der Waals surface area contributed by atoms with Crippen LogP contribution in [-0.4, -0.2) is 83.9 Å². The van der Waals surface area contributed by atoms with E-state index in [0.29, 0.717) is 43.4 Å². The highest BCUT2D eigenvalue weighted by molar-refractivity contribution is 7.92. The molecule has 224 valence electrons. The zero-order valence-corrected chi connectivity index (χ0v) is 24.6. The number of carbonyl (C=O) groups excluding carboxylic acids is 1. The van der Waals surface area contributed by atoms with Crippen LogP contribution in [0.1, 0.15) is 32.3 Å². The number of rotatable bonds is 12. The number of nitrogens with one attached hydrogen (secondary N) is 1. The lowest BCUT2D eigenvalue weighted by atomic mass is 10.1. The molecule has 4 rings (SSSR count). The molecule has 1 amide bonds. The molecule has 3 heterocycles. The Hall–Kier alpha value is -4.46. The summed E-state index contributed by atoms with van der Waals surface area (Å²) in [4.78, 5) is 41.2. The molecule has 0 radical (unpaired) electrons. The van der Waals surface area contributed by atoms with Gasteiger partial charge in [-0.25, -0.2) is 27.3 Å². The smallest absolute Gasteiger partial charge is 0.415 e. The number of likely N-dealkylation sites (tertiary alicyclic amines) is 1. The van der Waals surface area contributed by atoms with E-state index >= 15 is 0 Å². The summed E-state index contributed by atoms with van der Waals surface area (Å²) in [7, 11) is -3.91. The minimum absolute atomic E-state index is 0.0322. The topological polar surface area (TPSA) is 158 Å². The number of nitrogens with zero attached hydrogens (tertiary/aromatic N) is 6. The molecule has 0 saturated carbocycles. The van der Waals surface area contributed by atoms with Crippen molar-refractivity contribution in [3.63, 3.8) is 0 Å². The van der Waals surface area contributed by atoms with E-state index in [9.17, 15) is 23.1 Å². The lowest BCUT2D eigenvalue weighted by Crippen LogP contribution is -2.34. The third-order valence-corrected chi connectivity index (χ3v) is 7.85. The predicted octanol–water partition coefficient (Wildman–Crippen LogP) is 3.52. The van der Waals surface area contributed by atoms with Gasteiger partial charge < -0.3 is 25.0 Å². The van der Waals surface area contributed by atoms with Crippen LogP contribution in [0.15, 0.2) is 55.0 Å². The van der Waals surface area contributed by atoms with E-state index < -0.39 is 28.1 Å². The van der Waals surface area contributed by atoms with Crippen molar-refractivity contribution in [1.82, 2.24) is 19.9 Å². The number of hydrogen-bond acceptors (Lipinski definition) is 10. The van der Waals surface area contributed by atoms with Gasteiger partial charge in [0.1, 0.15) is 17.5 Å². The van der Waals surface area contributed by atoms with Crippen LogP contribution in [0.2, 0.25) is 0 Å². The molecular weight excluding hydrogens is 562 g/mol. The zero-order valence-electron chi connectivity index (χ0n) is 23.8. The molecule has 1 saturated heterocycles. The number of carbonyl (C=O) groups is 2. The van der Waals surface area contributed by atoms with Gasteiger partial charge in [-0.1, -0.05) is 12.1 Å². The third-order valence-electron chi connectivity index (χ3n) is 6.78. The van der Waals surface area contributed by atoms with Gasteiger partial charge in [-0.2, -0.15) is 4.98 Å². The number of aromatic nitrogens is 3. The molecule has 42 heavy (non-hydrogen) atoms. The van der Waals surface area contributed by atoms with Gasteiger partial charge in [0.15, 0.2) is 5.82 Å². The van der Waals surface area contributed by atoms with E-state index in [1.165, 1.54) is 18.6 Å². The monoisotopic (exact) mass is 597 g/mol. The van der Waals surface area contributed by atoms with Crippen LogP contribution in [-0.2, 0) is 21.2 Å². The maximum Gasteiger partial charge on any atom is 0.415 e. The number of aliphatic carboxylic acids is 1. The summed E-state index contributed by atoms with van der Waals surface area (Å²) in [5.74, 6) is -0.456. The van der Waals surface area contributed by atoms with Crippen molar-refractivity contribution >= 4 is 45.2 Å². The van der Waals surface area contributed by atoms with Gasteiger partial charge in [0.2, 0.25) is 16.0 Å². The van der Waals surface area contributed by atoms with Crippen molar-refractivity contribution in [1.29, 1.82) is 0 Å². The number of amides is 1. The molecule has 0 unspecified atom stereocenters. The number of anilines is 4. The summed E-state index contributed by atoms with van der Waals surface area (Å²) in [6.07, 6.45) is 6.82. The van der Waals surface area contributed by atoms with Gasteiger partial charge in [-0.3, -0.25) is 4.98 Å². The summed E-state index contributed by atoms with van der Waals surface area (Å²) in [6, 6.07) is 8.59. The zero-order chi connectivity index (χ0) is 30.3. The second kappa shape index (κ2) is 13.5. The van der Waals surface area contributed by atoms with Crippen LogP contribution >= 0.6 is 0 Å². The molecule has 13 nitrogen and oxygen atoms in total. The molecule has 2 aromatic heterocycles. The Balaban J connectivity index is 1.64. The SMILES string of the molecule is CCN(CC)c1ncc(N(c2cccnc2)S(C)(=O)=O)c(N[C@@H](Cc2ccc(OC(=O)N3CCCC3)cc2)C(=O)O)n1. The predicted molar refractivity (Wildman–Crippen MR) is 159 cm³/mol. The average Bonchev–Trinajstić information content (AvgIpc) is 3.51. The Kier molecular flexibility index (Phi) is 9.78. The molecule has 0 bridgehead atoms. The Morgan fingerprint density at radius 3 is 2.36 bits per heavy atom. The standard InChI is InChI=1S/C28H35N7O6S/c1-4-33(5-2)27-30-19-24(35(42(3,39)40)21-9-8-14-29-18-21)25(32-27)31-23(26(36)37)17-20-10-12-22(13-11-20)41-28(38)34-15-6-7-16-34/h8-14,18-19,23H,4-7,15-17H2,1-3H3,(H,36,37)(H,30,31,32)/t23-/m0/s1. The van der Waals surface area contributed by atoms with E-state index in [-0.39, 0.29) is 23.6 Å². The number of sulfonamides is 1. The van der Waals surface area contributed by atoms with Crippen LogP contribution < -0.4 is 19.3 Å². The quantitative estimate of drug-likeness (QED) is 0.315. The Morgan fingerprint density at radius 2 is 1.79 bits per heavy atom. The Morgan fingerprint density at radius 1 is 1.10 bits per heavy atom. The van der Waals surface area contributed by atoms with Crippen LogP contribution in [0.5, 0.6) is 5.75 Å². The molecule has 3 aromatic rings. The van der Waals surface area contributed by atoms with Crippen molar-refractivity contribution in [2.45, 2.75) is 39.2 Å². The third kappa shape index (κ3) is 7.43. The van der Waals surface area contributed by atoms with Crippen molar-refractivity contribution in [2.24, 2.45) is 0 Å². The second-order valence-electron chi connectivity index (χ2n) is 9.76. The lowest BCUT2D eigenvalue weighted by molar-refractivity contribution is -0.137. The minimum atomic E-state index is -3.91. The largest absolute Gasteiger partial charge is 0.480 e. The average molecular weight is 598 g/mol. The summed E-state index contributed by atoms with van der Waals surface area (Å²) >= 11 is 0. The molecule has 1 aliphatic rings. The highest BCUT2D eigenvalue weighted by Gasteiger charge is 2.28. The first-order valence-corrected chi connectivity index (χ1v) is 15.5. The number of ether oxygens (including phenoxy) is 1. The van der Waals surface area contributed by atoms with Crippen LogP contribution in [0.4, 0.5) is 27.9 Å². The van der Waals surface area contributed by atoms with Gasteiger partial charge >= 0.3 is 12.1 Å². The number of hydrogen-bond donors (Lipinski definition) is 2. The fourth-order valence-corrected chi connectivity index (χ4v) is 5.60. The number of pyridine rings is 1. The molecule has 1 fully saturated rings. The van der Waals surface area contributed by atoms with E-state index in [2.05, 4.69) is 20.3 Å². The lowest BCUT2D eigenvalue weighted by Gasteiger charge is -2.27. The Labute approximate surface area is 245 Å². The maximum atomic E-state index is 13.0. The fraction of sp³-hybridized carbons (Fsp3) is 0.393. The molecule has 0 spiro atoms. The molecule has 1 atom stereocenters. The highest BCUT2D eigenvalue weighted by atomic mass is 32.2. The minimum Gasteiger partial charge on any atom is -0.480 e. The fourth-order valence-electron chi connectivity index (χ4n) is 4.62. The van der Waals surface area contributed by atoms with E-state index in [1.807, 2.05) is 18.7 Å². The van der Waals surface area contributed by atoms with Gasteiger partial charge in [-0.05, 0) is 56.5 Å². The van der Waals surface area contributed by atoms with Crippen LogP contribution in [0.3, 0.4) is 0 Å². The molecule has 0 aliphatic carbocycles. The summed E-state index contributed by atoms with van der Waals surface area (Å²) in [6.45, 7) is 6.37. The Bertz CT molecular complexity index is 1480. The van der Waals surface area contributed by atoms with Crippen molar-refractivity contribution in [3.05, 3.63) is 60.6 Å². The highest BCUT2D eigenvalue weighted by Crippen LogP contribution is 2.34. The van der Waals surface area contributed by atoms with Crippen LogP contribution in [0, 0.1) is 0 Å². The van der Waals surface area contributed by atoms with E-state index in [4.69, 9.17) is 4.74 Å². The van der Waals surface area contributed by atoms with Crippen LogP contribution in [0.25, 0.3) is 0 Å². The summed E-state index contributed by atoms with van der Waals surface area (Å²) < 4.78 is 32.4. The van der Waals surface area contributed by atoms with Gasteiger partial charge in [0.25, 0.3) is 0 Å². The first kappa shape index (κ1) is 30.5. The van der Waals surface area contributed by atoms with Crippen molar-refractivity contribution in [2.75, 3.05) is 47.0 Å². The van der Waals surface area contributed by atoms with Crippen molar-refractivity contribution in [3.8, 4) is 5.75 Å². The molecule has 14 heteroatoms. The van der Waals surface area contributed by atoms with Gasteiger partial charge in [-0.15, -0.1) is 0 Å². The first-order chi connectivity index (χ1) is 20.1. The van der Waals surface area contributed by atoms with E-state index in [0.717, 1.165) is 23.4 Å². The van der Waals surface area contributed by atoms with Gasteiger partial charge in [0.05, 0.1) is 24.3 Å². The number of benzene rings is 1. The normalized spacial score (nSPS) is 13.8. The second-order valence-corrected chi connectivity index (χ2v) is 11.6. The van der Waals surface area contributed by atoms with Gasteiger partial charge in [0, 0.05) is 38.8 Å². The molecule has 1 aromatic carbocycles. The van der Waals surface area contributed by atoms with Crippen molar-refractivity contribution < 1.29 is 27.9 Å². The summed E-state index contributed by atoms with van der Waals surface area (Å²) in [5.41, 5.74) is 0.952. The summed E-state index contributed by atoms with van der Waals surface area (Å²) in [5, 5.41) is 13.1.